The molecule has 2 heterocycles. The molecule has 6 nitrogen and oxygen atoms in total. The zero-order valence-electron chi connectivity index (χ0n) is 15.2. The van der Waals surface area contributed by atoms with E-state index in [2.05, 4.69) is 27.9 Å². The summed E-state index contributed by atoms with van der Waals surface area (Å²) in [5, 5.41) is 2.68. The molecule has 2 fully saturated rings. The maximum absolute atomic E-state index is 11.4. The van der Waals surface area contributed by atoms with Crippen LogP contribution < -0.4 is 21.7 Å². The van der Waals surface area contributed by atoms with Crippen LogP contribution in [-0.4, -0.2) is 24.9 Å². The van der Waals surface area contributed by atoms with Gasteiger partial charge in [0, 0.05) is 46.6 Å². The van der Waals surface area contributed by atoms with Gasteiger partial charge in [0.05, 0.1) is 0 Å². The third-order valence-electron chi connectivity index (χ3n) is 4.05. The molecule has 0 spiro atoms. The van der Waals surface area contributed by atoms with Crippen LogP contribution >= 0.6 is 22.6 Å². The predicted molar refractivity (Wildman–Crippen MR) is 118 cm³/mol. The second-order valence-corrected chi connectivity index (χ2v) is 7.49. The van der Waals surface area contributed by atoms with Gasteiger partial charge >= 0.3 is 0 Å². The number of hydrogen-bond acceptors (Lipinski definition) is 4. The van der Waals surface area contributed by atoms with Gasteiger partial charge in [-0.1, -0.05) is 0 Å². The SMILES string of the molecule is Nc1ccc(I)cc1.Nc1ccc(N2CCCC2=O)cc1.O=C1CCCN1. The van der Waals surface area contributed by atoms with Gasteiger partial charge < -0.3 is 21.7 Å². The number of nitrogens with one attached hydrogen (secondary N) is 1. The van der Waals surface area contributed by atoms with Gasteiger partial charge in [-0.2, -0.15) is 0 Å². The van der Waals surface area contributed by atoms with Gasteiger partial charge in [-0.3, -0.25) is 9.59 Å². The van der Waals surface area contributed by atoms with Crippen LogP contribution in [0, 0.1) is 3.57 Å². The van der Waals surface area contributed by atoms with E-state index in [1.54, 1.807) is 4.90 Å². The molecule has 27 heavy (non-hydrogen) atoms. The van der Waals surface area contributed by atoms with Crippen molar-refractivity contribution in [3.63, 3.8) is 0 Å². The van der Waals surface area contributed by atoms with Crippen molar-refractivity contribution in [1.82, 2.24) is 5.32 Å². The molecular formula is C20H25IN4O2. The first-order chi connectivity index (χ1) is 13.0. The second kappa shape index (κ2) is 10.8. The van der Waals surface area contributed by atoms with Gasteiger partial charge in [0.25, 0.3) is 0 Å². The normalized spacial score (nSPS) is 15.4. The molecule has 2 aromatic carbocycles. The van der Waals surface area contributed by atoms with E-state index in [-0.39, 0.29) is 11.8 Å². The lowest BCUT2D eigenvalue weighted by Gasteiger charge is -2.15. The number of carbonyl (C=O) groups excluding carboxylic acids is 2. The Bertz CT molecular complexity index is 719. The van der Waals surface area contributed by atoms with Gasteiger partial charge in [0.2, 0.25) is 11.8 Å². The fourth-order valence-electron chi connectivity index (χ4n) is 2.60. The Morgan fingerprint density at radius 1 is 0.852 bits per heavy atom. The molecule has 2 saturated heterocycles. The number of rotatable bonds is 1. The zero-order chi connectivity index (χ0) is 19.6. The Kier molecular flexibility index (Phi) is 8.38. The lowest BCUT2D eigenvalue weighted by molar-refractivity contribution is -0.119. The fourth-order valence-corrected chi connectivity index (χ4v) is 2.96. The van der Waals surface area contributed by atoms with E-state index < -0.39 is 0 Å². The highest BCUT2D eigenvalue weighted by Crippen LogP contribution is 2.21. The van der Waals surface area contributed by atoms with Crippen LogP contribution in [0.5, 0.6) is 0 Å². The number of amides is 2. The first-order valence-electron chi connectivity index (χ1n) is 8.89. The summed E-state index contributed by atoms with van der Waals surface area (Å²) < 4.78 is 1.22. The summed E-state index contributed by atoms with van der Waals surface area (Å²) in [7, 11) is 0. The standard InChI is InChI=1S/C10H12N2O.C6H6IN.C4H7NO/c11-8-3-5-9(6-4-8)12-7-1-2-10(12)13;7-5-1-3-6(8)4-2-5;6-4-2-1-3-5-4/h3-6H,1-2,7,11H2;1-4H,8H2;1-3H2,(H,5,6). The lowest BCUT2D eigenvalue weighted by atomic mass is 10.2. The Morgan fingerprint density at radius 3 is 1.81 bits per heavy atom. The molecule has 0 atom stereocenters. The highest BCUT2D eigenvalue weighted by atomic mass is 127. The molecule has 0 radical (unpaired) electrons. The van der Waals surface area contributed by atoms with Crippen molar-refractivity contribution in [3.8, 4) is 0 Å². The summed E-state index contributed by atoms with van der Waals surface area (Å²) >= 11 is 2.24. The van der Waals surface area contributed by atoms with Crippen molar-refractivity contribution in [2.24, 2.45) is 0 Å². The fraction of sp³-hybridized carbons (Fsp3) is 0.300. The Morgan fingerprint density at radius 2 is 1.44 bits per heavy atom. The minimum Gasteiger partial charge on any atom is -0.399 e. The third kappa shape index (κ3) is 7.46. The van der Waals surface area contributed by atoms with Gasteiger partial charge in [-0.15, -0.1) is 0 Å². The molecular weight excluding hydrogens is 455 g/mol. The summed E-state index contributed by atoms with van der Waals surface area (Å²) in [5.74, 6) is 0.416. The van der Waals surface area contributed by atoms with Gasteiger partial charge in [-0.05, 0) is 84.0 Å². The molecule has 2 aromatic rings. The highest BCUT2D eigenvalue weighted by molar-refractivity contribution is 14.1. The monoisotopic (exact) mass is 480 g/mol. The van der Waals surface area contributed by atoms with Crippen molar-refractivity contribution in [2.45, 2.75) is 25.7 Å². The summed E-state index contributed by atoms with van der Waals surface area (Å²) in [6.45, 7) is 1.72. The molecule has 7 heteroatoms. The molecule has 0 bridgehead atoms. The molecule has 0 aromatic heterocycles. The van der Waals surface area contributed by atoms with Crippen molar-refractivity contribution >= 4 is 51.5 Å². The maximum Gasteiger partial charge on any atom is 0.227 e. The van der Waals surface area contributed by atoms with E-state index in [0.29, 0.717) is 6.42 Å². The predicted octanol–water partition coefficient (Wildman–Crippen LogP) is 3.17. The number of carbonyl (C=O) groups is 2. The minimum absolute atomic E-state index is 0.204. The van der Waals surface area contributed by atoms with Crippen LogP contribution in [0.2, 0.25) is 0 Å². The van der Waals surface area contributed by atoms with E-state index in [1.807, 2.05) is 48.5 Å². The molecule has 2 aliphatic heterocycles. The van der Waals surface area contributed by atoms with Crippen LogP contribution in [-0.2, 0) is 9.59 Å². The minimum atomic E-state index is 0.204. The van der Waals surface area contributed by atoms with Gasteiger partial charge in [0.15, 0.2) is 0 Å². The highest BCUT2D eigenvalue weighted by Gasteiger charge is 2.21. The second-order valence-electron chi connectivity index (χ2n) is 6.25. The Hall–Kier alpha value is -2.29. The lowest BCUT2D eigenvalue weighted by Crippen LogP contribution is -2.23. The third-order valence-corrected chi connectivity index (χ3v) is 4.77. The van der Waals surface area contributed by atoms with E-state index in [4.69, 9.17) is 11.5 Å². The van der Waals surface area contributed by atoms with E-state index in [1.165, 1.54) is 3.57 Å². The van der Waals surface area contributed by atoms with Crippen molar-refractivity contribution in [3.05, 3.63) is 52.1 Å². The van der Waals surface area contributed by atoms with Crippen LogP contribution in [0.4, 0.5) is 17.1 Å². The zero-order valence-corrected chi connectivity index (χ0v) is 17.3. The van der Waals surface area contributed by atoms with E-state index in [0.717, 1.165) is 49.4 Å². The Balaban J connectivity index is 0.000000159. The molecule has 0 saturated carbocycles. The number of hydrogen-bond donors (Lipinski definition) is 3. The maximum atomic E-state index is 11.4. The average Bonchev–Trinajstić information content (AvgIpc) is 3.30. The topological polar surface area (TPSA) is 101 Å². The van der Waals surface area contributed by atoms with Gasteiger partial charge in [-0.25, -0.2) is 0 Å². The first kappa shape index (κ1) is 21.0. The molecule has 2 amide bonds. The van der Waals surface area contributed by atoms with Crippen molar-refractivity contribution < 1.29 is 9.59 Å². The number of anilines is 3. The van der Waals surface area contributed by atoms with Crippen LogP contribution in [0.15, 0.2) is 48.5 Å². The number of benzene rings is 2. The largest absolute Gasteiger partial charge is 0.399 e. The summed E-state index contributed by atoms with van der Waals surface area (Å²) in [4.78, 5) is 23.3. The van der Waals surface area contributed by atoms with Crippen molar-refractivity contribution in [1.29, 1.82) is 0 Å². The number of halogens is 1. The molecule has 4 rings (SSSR count). The molecule has 2 aliphatic rings. The number of nitrogen functional groups attached to an aromatic ring is 2. The molecule has 0 aliphatic carbocycles. The van der Waals surface area contributed by atoms with Crippen molar-refractivity contribution in [2.75, 3.05) is 29.5 Å². The summed E-state index contributed by atoms with van der Waals surface area (Å²) in [5.41, 5.74) is 13.5. The van der Waals surface area contributed by atoms with E-state index >= 15 is 0 Å². The van der Waals surface area contributed by atoms with Crippen LogP contribution in [0.25, 0.3) is 0 Å². The smallest absolute Gasteiger partial charge is 0.227 e. The molecule has 5 N–H and O–H groups in total. The van der Waals surface area contributed by atoms with Gasteiger partial charge in [0.1, 0.15) is 0 Å². The van der Waals surface area contributed by atoms with E-state index in [9.17, 15) is 9.59 Å². The number of nitrogens with zero attached hydrogens (tertiary/aromatic N) is 1. The van der Waals surface area contributed by atoms with Crippen LogP contribution in [0.1, 0.15) is 25.7 Å². The van der Waals surface area contributed by atoms with Crippen LogP contribution in [0.3, 0.4) is 0 Å². The first-order valence-corrected chi connectivity index (χ1v) is 9.97. The molecule has 144 valence electrons. The quantitative estimate of drug-likeness (QED) is 0.431. The molecule has 0 unspecified atom stereocenters. The average molecular weight is 480 g/mol. The Labute approximate surface area is 173 Å². The summed E-state index contributed by atoms with van der Waals surface area (Å²) in [6, 6.07) is 15.2. The summed E-state index contributed by atoms with van der Waals surface area (Å²) in [6.07, 6.45) is 3.40. The number of nitrogens with two attached hydrogens (primary N) is 2.